The van der Waals surface area contributed by atoms with Gasteiger partial charge in [0.1, 0.15) is 11.8 Å². The zero-order chi connectivity index (χ0) is 14.7. The zero-order valence-corrected chi connectivity index (χ0v) is 10.7. The highest BCUT2D eigenvalue weighted by molar-refractivity contribution is 6.45. The third kappa shape index (κ3) is 2.37. The van der Waals surface area contributed by atoms with Crippen molar-refractivity contribution < 1.29 is 9.53 Å². The molecule has 1 heterocycles. The van der Waals surface area contributed by atoms with Gasteiger partial charge >= 0.3 is 0 Å². The van der Waals surface area contributed by atoms with Crippen LogP contribution >= 0.6 is 0 Å². The van der Waals surface area contributed by atoms with Crippen LogP contribution in [0.2, 0.25) is 0 Å². The van der Waals surface area contributed by atoms with Gasteiger partial charge in [0.05, 0.1) is 5.69 Å². The van der Waals surface area contributed by atoms with E-state index < -0.39 is 5.84 Å². The van der Waals surface area contributed by atoms with Crippen molar-refractivity contribution in [1.29, 1.82) is 10.7 Å². The standard InChI is InChI=1S/C12H12N6O2/c1-18-9-4-2-3-7(11(9)20-6-10(18)19)16-17-8(5-13)12(14)15/h2-4,16H,6H2,1H3,(H3,14,15)/b17-8+. The van der Waals surface area contributed by atoms with Crippen molar-refractivity contribution in [2.75, 3.05) is 24.0 Å². The first-order chi connectivity index (χ1) is 9.54. The molecule has 0 bridgehead atoms. The van der Waals surface area contributed by atoms with Crippen LogP contribution in [0.3, 0.4) is 0 Å². The summed E-state index contributed by atoms with van der Waals surface area (Å²) in [5.74, 6) is -0.128. The molecule has 1 aromatic carbocycles. The van der Waals surface area contributed by atoms with E-state index >= 15 is 0 Å². The number of amidine groups is 1. The zero-order valence-electron chi connectivity index (χ0n) is 10.7. The number of rotatable bonds is 3. The number of nitrogens with zero attached hydrogens (tertiary/aromatic N) is 3. The lowest BCUT2D eigenvalue weighted by Crippen LogP contribution is -2.35. The Morgan fingerprint density at radius 1 is 1.65 bits per heavy atom. The molecule has 0 radical (unpaired) electrons. The number of nitrogens with one attached hydrogen (secondary N) is 2. The van der Waals surface area contributed by atoms with Gasteiger partial charge in [0.2, 0.25) is 5.71 Å². The second-order valence-corrected chi connectivity index (χ2v) is 3.99. The number of carbonyl (C=O) groups is 1. The van der Waals surface area contributed by atoms with E-state index in [2.05, 4.69) is 10.5 Å². The highest BCUT2D eigenvalue weighted by Crippen LogP contribution is 2.37. The van der Waals surface area contributed by atoms with Gasteiger partial charge in [-0.1, -0.05) is 6.07 Å². The Balaban J connectivity index is 2.34. The molecule has 1 aliphatic heterocycles. The van der Waals surface area contributed by atoms with E-state index in [4.69, 9.17) is 21.1 Å². The maximum absolute atomic E-state index is 11.5. The average molecular weight is 272 g/mol. The molecule has 0 aromatic heterocycles. The van der Waals surface area contributed by atoms with Crippen LogP contribution in [0.15, 0.2) is 23.3 Å². The van der Waals surface area contributed by atoms with Crippen LogP contribution < -0.4 is 20.8 Å². The Morgan fingerprint density at radius 2 is 2.40 bits per heavy atom. The summed E-state index contributed by atoms with van der Waals surface area (Å²) in [5, 5.41) is 19.7. The Labute approximate surface area is 114 Å². The molecule has 0 aliphatic carbocycles. The molecule has 20 heavy (non-hydrogen) atoms. The summed E-state index contributed by atoms with van der Waals surface area (Å²) in [6, 6.07) is 6.83. The van der Waals surface area contributed by atoms with Crippen LogP contribution in [0.5, 0.6) is 5.75 Å². The number of hydrogen-bond donors (Lipinski definition) is 3. The molecule has 0 saturated carbocycles. The summed E-state index contributed by atoms with van der Waals surface area (Å²) in [7, 11) is 1.65. The van der Waals surface area contributed by atoms with E-state index in [1.54, 1.807) is 31.3 Å². The molecule has 0 saturated heterocycles. The van der Waals surface area contributed by atoms with Gasteiger partial charge < -0.3 is 15.4 Å². The number of nitrogens with two attached hydrogens (primary N) is 1. The summed E-state index contributed by atoms with van der Waals surface area (Å²) in [5.41, 5.74) is 8.67. The van der Waals surface area contributed by atoms with Crippen LogP contribution in [0, 0.1) is 16.7 Å². The van der Waals surface area contributed by atoms with Gasteiger partial charge in [-0.25, -0.2) is 0 Å². The molecule has 1 aliphatic rings. The fraction of sp³-hybridized carbons (Fsp3) is 0.167. The lowest BCUT2D eigenvalue weighted by molar-refractivity contribution is -0.120. The quantitative estimate of drug-likeness (QED) is 0.413. The molecule has 0 spiro atoms. The predicted molar refractivity (Wildman–Crippen MR) is 73.9 cm³/mol. The van der Waals surface area contributed by atoms with Gasteiger partial charge in [0, 0.05) is 7.05 Å². The molecule has 8 nitrogen and oxygen atoms in total. The Hall–Kier alpha value is -3.08. The summed E-state index contributed by atoms with van der Waals surface area (Å²) in [6.45, 7) is -0.0658. The van der Waals surface area contributed by atoms with Crippen molar-refractivity contribution in [2.45, 2.75) is 0 Å². The fourth-order valence-electron chi connectivity index (χ4n) is 1.66. The molecule has 0 atom stereocenters. The van der Waals surface area contributed by atoms with E-state index in [-0.39, 0.29) is 18.2 Å². The maximum atomic E-state index is 11.5. The normalized spacial score (nSPS) is 14.1. The highest BCUT2D eigenvalue weighted by atomic mass is 16.5. The van der Waals surface area contributed by atoms with Crippen molar-refractivity contribution >= 4 is 28.8 Å². The minimum Gasteiger partial charge on any atom is -0.479 e. The van der Waals surface area contributed by atoms with Crippen LogP contribution in [0.25, 0.3) is 0 Å². The topological polar surface area (TPSA) is 128 Å². The van der Waals surface area contributed by atoms with Gasteiger partial charge in [-0.15, -0.1) is 0 Å². The number of nitriles is 1. The first-order valence-corrected chi connectivity index (χ1v) is 5.65. The molecule has 4 N–H and O–H groups in total. The van der Waals surface area contributed by atoms with Crippen LogP contribution in [0.1, 0.15) is 0 Å². The number of para-hydroxylation sites is 1. The number of hydrazone groups is 1. The molecular formula is C12H12N6O2. The first kappa shape index (κ1) is 13.4. The van der Waals surface area contributed by atoms with Crippen LogP contribution in [0.4, 0.5) is 11.4 Å². The van der Waals surface area contributed by atoms with Crippen LogP contribution in [-0.2, 0) is 4.79 Å². The average Bonchev–Trinajstić information content (AvgIpc) is 2.43. The van der Waals surface area contributed by atoms with Crippen molar-refractivity contribution in [2.24, 2.45) is 10.8 Å². The first-order valence-electron chi connectivity index (χ1n) is 5.65. The van der Waals surface area contributed by atoms with E-state index in [9.17, 15) is 4.79 Å². The number of benzene rings is 1. The minimum atomic E-state index is -0.432. The lowest BCUT2D eigenvalue weighted by atomic mass is 10.2. The maximum Gasteiger partial charge on any atom is 0.264 e. The van der Waals surface area contributed by atoms with Gasteiger partial charge in [-0.2, -0.15) is 10.4 Å². The molecule has 102 valence electrons. The van der Waals surface area contributed by atoms with E-state index in [1.165, 1.54) is 4.90 Å². The molecule has 1 aromatic rings. The Bertz CT molecular complexity index is 646. The number of likely N-dealkylation sites (N-methyl/N-ethyl adjacent to an activating group) is 1. The SMILES string of the molecule is CN1C(=O)COc2c(N/N=C(\C#N)C(=N)N)cccc21. The monoisotopic (exact) mass is 272 g/mol. The molecule has 0 fully saturated rings. The molecule has 2 rings (SSSR count). The summed E-state index contributed by atoms with van der Waals surface area (Å²) in [4.78, 5) is 13.0. The molecule has 8 heteroatoms. The number of amides is 1. The smallest absolute Gasteiger partial charge is 0.264 e. The Kier molecular flexibility index (Phi) is 3.52. The van der Waals surface area contributed by atoms with Gasteiger partial charge in [-0.3, -0.25) is 15.6 Å². The summed E-state index contributed by atoms with van der Waals surface area (Å²) >= 11 is 0. The van der Waals surface area contributed by atoms with Gasteiger partial charge in [0.15, 0.2) is 18.2 Å². The summed E-state index contributed by atoms with van der Waals surface area (Å²) < 4.78 is 5.37. The fourth-order valence-corrected chi connectivity index (χ4v) is 1.66. The summed E-state index contributed by atoms with van der Waals surface area (Å²) in [6.07, 6.45) is 0. The third-order valence-corrected chi connectivity index (χ3v) is 2.72. The van der Waals surface area contributed by atoms with Crippen LogP contribution in [-0.4, -0.2) is 31.1 Å². The highest BCUT2D eigenvalue weighted by Gasteiger charge is 2.24. The molecule has 0 unspecified atom stereocenters. The Morgan fingerprint density at radius 3 is 3.05 bits per heavy atom. The molecular weight excluding hydrogens is 260 g/mol. The largest absolute Gasteiger partial charge is 0.479 e. The van der Waals surface area contributed by atoms with Crippen molar-refractivity contribution in [3.05, 3.63) is 18.2 Å². The van der Waals surface area contributed by atoms with E-state index in [0.717, 1.165) is 0 Å². The second kappa shape index (κ2) is 5.27. The second-order valence-electron chi connectivity index (χ2n) is 3.99. The van der Waals surface area contributed by atoms with E-state index in [0.29, 0.717) is 17.1 Å². The van der Waals surface area contributed by atoms with E-state index in [1.807, 2.05) is 0 Å². The van der Waals surface area contributed by atoms with Gasteiger partial charge in [0.25, 0.3) is 5.91 Å². The number of carbonyl (C=O) groups excluding carboxylic acids is 1. The number of anilines is 2. The minimum absolute atomic E-state index is 0.0658. The lowest BCUT2D eigenvalue weighted by Gasteiger charge is -2.27. The molecule has 1 amide bonds. The van der Waals surface area contributed by atoms with Crippen molar-refractivity contribution in [3.8, 4) is 11.8 Å². The third-order valence-electron chi connectivity index (χ3n) is 2.72. The number of ether oxygens (including phenoxy) is 1. The predicted octanol–water partition coefficient (Wildman–Crippen LogP) is 0.269. The number of hydrogen-bond acceptors (Lipinski definition) is 6. The number of fused-ring (bicyclic) bond motifs is 1. The van der Waals surface area contributed by atoms with Crippen molar-refractivity contribution in [1.82, 2.24) is 0 Å². The van der Waals surface area contributed by atoms with Gasteiger partial charge in [-0.05, 0) is 12.1 Å². The van der Waals surface area contributed by atoms with Crippen molar-refractivity contribution in [3.63, 3.8) is 0 Å².